The van der Waals surface area contributed by atoms with Gasteiger partial charge in [-0.1, -0.05) is 0 Å². The fourth-order valence-electron chi connectivity index (χ4n) is 4.13. The molecule has 0 aromatic rings. The summed E-state index contributed by atoms with van der Waals surface area (Å²) in [7, 11) is 5.79. The van der Waals surface area contributed by atoms with Crippen LogP contribution in [-0.4, -0.2) is 139 Å². The number of ether oxygens (including phenoxy) is 6. The maximum absolute atomic E-state index is 11.5. The van der Waals surface area contributed by atoms with Crippen LogP contribution in [0.3, 0.4) is 0 Å². The minimum absolute atomic E-state index is 0.132. The molecule has 0 aromatic heterocycles. The Labute approximate surface area is 225 Å². The first kappa shape index (κ1) is 33.3. The van der Waals surface area contributed by atoms with Crippen molar-refractivity contribution in [3.63, 3.8) is 0 Å². The maximum atomic E-state index is 11.5. The number of rotatable bonds is 15. The number of hydrogen-bond acceptors (Lipinski definition) is 12. The lowest BCUT2D eigenvalue weighted by Gasteiger charge is -2.42. The third-order valence-electron chi connectivity index (χ3n) is 6.70. The fraction of sp³-hybridized carbons (Fsp3) is 0.958. The quantitative estimate of drug-likeness (QED) is 0.0968. The minimum Gasteiger partial charge on any atom is -0.394 e. The van der Waals surface area contributed by atoms with Gasteiger partial charge in [-0.25, -0.2) is 0 Å². The SMILES string of the molecule is [B]C1OC(CO)C(O)C1OCOC(C)(C)CCOC(C)(C)CCOC1OC(CO)C(O)C(O)C1NC(C)=O. The summed E-state index contributed by atoms with van der Waals surface area (Å²) in [5, 5.41) is 51.7. The van der Waals surface area contributed by atoms with E-state index in [0.29, 0.717) is 19.4 Å². The van der Waals surface area contributed by atoms with Crippen LogP contribution in [0.1, 0.15) is 47.5 Å². The van der Waals surface area contributed by atoms with Crippen molar-refractivity contribution in [3.05, 3.63) is 0 Å². The van der Waals surface area contributed by atoms with Gasteiger partial charge >= 0.3 is 0 Å². The second kappa shape index (κ2) is 14.6. The van der Waals surface area contributed by atoms with Gasteiger partial charge in [0.25, 0.3) is 0 Å². The van der Waals surface area contributed by atoms with Gasteiger partial charge < -0.3 is 59.3 Å². The van der Waals surface area contributed by atoms with Crippen molar-refractivity contribution in [2.24, 2.45) is 0 Å². The molecular weight excluding hydrogens is 505 g/mol. The van der Waals surface area contributed by atoms with Gasteiger partial charge in [0.05, 0.1) is 37.6 Å². The van der Waals surface area contributed by atoms with Crippen molar-refractivity contribution >= 4 is 13.8 Å². The number of aliphatic hydroxyl groups is 5. The molecule has 0 spiro atoms. The summed E-state index contributed by atoms with van der Waals surface area (Å²) in [5.74, 6) is -0.426. The number of amides is 1. The molecule has 2 heterocycles. The third kappa shape index (κ3) is 9.63. The summed E-state index contributed by atoms with van der Waals surface area (Å²) >= 11 is 0. The molecule has 1 amide bonds. The van der Waals surface area contributed by atoms with Crippen molar-refractivity contribution in [2.75, 3.05) is 33.2 Å². The molecule has 0 bridgehead atoms. The normalized spacial score (nSPS) is 34.4. The van der Waals surface area contributed by atoms with Crippen molar-refractivity contribution in [1.29, 1.82) is 0 Å². The van der Waals surface area contributed by atoms with Crippen LogP contribution in [0.2, 0.25) is 0 Å². The van der Waals surface area contributed by atoms with Gasteiger partial charge in [-0.15, -0.1) is 0 Å². The standard InChI is InChI=1S/C24H44BNO12/c1-13(29)26-16-19(32)17(30)14(10-27)38-22(16)33-8-6-23(2,3)35-9-7-24(4,5)36-12-34-20-18(31)15(11-28)37-21(20)25/h14-22,27-28,30-32H,6-12H2,1-5H3,(H,26,29). The first-order chi connectivity index (χ1) is 17.7. The van der Waals surface area contributed by atoms with Gasteiger partial charge in [0, 0.05) is 12.9 Å². The van der Waals surface area contributed by atoms with E-state index in [4.69, 9.17) is 36.3 Å². The Morgan fingerprint density at radius 2 is 1.45 bits per heavy atom. The zero-order valence-electron chi connectivity index (χ0n) is 22.8. The minimum atomic E-state index is -1.38. The fourth-order valence-corrected chi connectivity index (χ4v) is 4.13. The number of carbonyl (C=O) groups excluding carboxylic acids is 1. The highest BCUT2D eigenvalue weighted by Gasteiger charge is 2.45. The van der Waals surface area contributed by atoms with E-state index in [1.807, 2.05) is 27.7 Å². The van der Waals surface area contributed by atoms with Crippen molar-refractivity contribution in [2.45, 2.75) is 114 Å². The Morgan fingerprint density at radius 3 is 2.03 bits per heavy atom. The molecule has 0 aromatic carbocycles. The zero-order valence-corrected chi connectivity index (χ0v) is 22.8. The van der Waals surface area contributed by atoms with Gasteiger partial charge in [0.2, 0.25) is 5.91 Å². The number of hydrogen-bond donors (Lipinski definition) is 6. The molecule has 2 rings (SSSR count). The lowest BCUT2D eigenvalue weighted by molar-refractivity contribution is -0.272. The molecular formula is C24H44BNO12. The predicted molar refractivity (Wildman–Crippen MR) is 133 cm³/mol. The summed E-state index contributed by atoms with van der Waals surface area (Å²) in [6.07, 6.45) is -6.56. The second-order valence-corrected chi connectivity index (χ2v) is 10.9. The molecule has 0 aliphatic carbocycles. The molecule has 2 aliphatic rings. The Morgan fingerprint density at radius 1 is 0.868 bits per heavy atom. The monoisotopic (exact) mass is 549 g/mol. The largest absolute Gasteiger partial charge is 0.394 e. The van der Waals surface area contributed by atoms with E-state index in [1.54, 1.807) is 0 Å². The summed E-state index contributed by atoms with van der Waals surface area (Å²) in [6, 6.07) is -1.87. The molecule has 9 unspecified atom stereocenters. The zero-order chi connectivity index (χ0) is 28.7. The Kier molecular flexibility index (Phi) is 12.8. The number of nitrogens with one attached hydrogen (secondary N) is 1. The molecule has 6 N–H and O–H groups in total. The summed E-state index contributed by atoms with van der Waals surface area (Å²) in [6.45, 7) is 8.28. The average molecular weight is 549 g/mol. The van der Waals surface area contributed by atoms with Crippen LogP contribution in [0, 0.1) is 0 Å². The van der Waals surface area contributed by atoms with E-state index in [-0.39, 0.29) is 20.0 Å². The van der Waals surface area contributed by atoms with E-state index in [1.165, 1.54) is 6.92 Å². The first-order valence-electron chi connectivity index (χ1n) is 12.8. The van der Waals surface area contributed by atoms with E-state index >= 15 is 0 Å². The molecule has 14 heteroatoms. The topological polar surface area (TPSA) is 186 Å². The average Bonchev–Trinajstić information content (AvgIpc) is 3.10. The smallest absolute Gasteiger partial charge is 0.217 e. The molecule has 0 saturated carbocycles. The van der Waals surface area contributed by atoms with Gasteiger partial charge in [-0.05, 0) is 40.5 Å². The van der Waals surface area contributed by atoms with Crippen LogP contribution in [-0.2, 0) is 33.2 Å². The molecule has 2 fully saturated rings. The molecule has 38 heavy (non-hydrogen) atoms. The molecule has 2 saturated heterocycles. The highest BCUT2D eigenvalue weighted by Crippen LogP contribution is 2.25. The Hall–Kier alpha value is -0.905. The van der Waals surface area contributed by atoms with Crippen molar-refractivity contribution < 1.29 is 58.7 Å². The lowest BCUT2D eigenvalue weighted by atomic mass is 9.93. The molecule has 2 aliphatic heterocycles. The van der Waals surface area contributed by atoms with E-state index in [2.05, 4.69) is 5.32 Å². The lowest BCUT2D eigenvalue weighted by Crippen LogP contribution is -2.64. The highest BCUT2D eigenvalue weighted by molar-refractivity contribution is 6.11. The molecule has 2 radical (unpaired) electrons. The molecule has 9 atom stereocenters. The van der Waals surface area contributed by atoms with Gasteiger partial charge in [0.1, 0.15) is 57.3 Å². The molecule has 13 nitrogen and oxygen atoms in total. The summed E-state index contributed by atoms with van der Waals surface area (Å²) in [5.41, 5.74) is -1.22. The highest BCUT2D eigenvalue weighted by atomic mass is 16.7. The van der Waals surface area contributed by atoms with E-state index in [9.17, 15) is 30.3 Å². The van der Waals surface area contributed by atoms with Crippen LogP contribution in [0.5, 0.6) is 0 Å². The summed E-state index contributed by atoms with van der Waals surface area (Å²) in [4.78, 5) is 11.5. The first-order valence-corrected chi connectivity index (χ1v) is 12.8. The Bertz CT molecular complexity index is 729. The second-order valence-electron chi connectivity index (χ2n) is 10.9. The van der Waals surface area contributed by atoms with E-state index in [0.717, 1.165) is 0 Å². The van der Waals surface area contributed by atoms with Crippen molar-refractivity contribution in [1.82, 2.24) is 5.32 Å². The van der Waals surface area contributed by atoms with Gasteiger partial charge in [-0.3, -0.25) is 4.79 Å². The molecule has 220 valence electrons. The van der Waals surface area contributed by atoms with E-state index < -0.39 is 78.7 Å². The van der Waals surface area contributed by atoms with Gasteiger partial charge in [-0.2, -0.15) is 0 Å². The van der Waals surface area contributed by atoms with Crippen LogP contribution in [0.15, 0.2) is 0 Å². The van der Waals surface area contributed by atoms with Crippen LogP contribution >= 0.6 is 0 Å². The Balaban J connectivity index is 1.75. The van der Waals surface area contributed by atoms with Crippen LogP contribution < -0.4 is 5.32 Å². The third-order valence-corrected chi connectivity index (χ3v) is 6.70. The predicted octanol–water partition coefficient (Wildman–Crippen LogP) is -2.09. The van der Waals surface area contributed by atoms with Crippen molar-refractivity contribution in [3.8, 4) is 0 Å². The number of aliphatic hydroxyl groups excluding tert-OH is 5. The van der Waals surface area contributed by atoms with Crippen LogP contribution in [0.25, 0.3) is 0 Å². The summed E-state index contributed by atoms with van der Waals surface area (Å²) < 4.78 is 33.9. The van der Waals surface area contributed by atoms with Gasteiger partial charge in [0.15, 0.2) is 6.29 Å². The maximum Gasteiger partial charge on any atom is 0.217 e. The number of carbonyl (C=O) groups is 1. The van der Waals surface area contributed by atoms with Crippen LogP contribution in [0.4, 0.5) is 0 Å².